The smallest absolute Gasteiger partial charge is 0.0500 e. The summed E-state index contributed by atoms with van der Waals surface area (Å²) in [4.78, 5) is 0. The fraction of sp³-hybridized carbons (Fsp3) is 0.294. The van der Waals surface area contributed by atoms with Gasteiger partial charge >= 0.3 is 0 Å². The Kier molecular flexibility index (Phi) is 4.06. The molecular formula is C17H19ClN2. The molecule has 3 N–H and O–H groups in total. The average molecular weight is 287 g/mol. The lowest BCUT2D eigenvalue weighted by Gasteiger charge is -2.17. The molecule has 0 saturated heterocycles. The van der Waals surface area contributed by atoms with Crippen molar-refractivity contribution >= 4 is 11.6 Å². The van der Waals surface area contributed by atoms with Gasteiger partial charge in [-0.05, 0) is 60.1 Å². The maximum atomic E-state index is 5.92. The quantitative estimate of drug-likeness (QED) is 0.666. The lowest BCUT2D eigenvalue weighted by molar-refractivity contribution is 0.551. The first kappa shape index (κ1) is 13.6. The number of nitrogens with two attached hydrogens (primary N) is 1. The zero-order valence-corrected chi connectivity index (χ0v) is 12.2. The molecule has 1 aliphatic carbocycles. The van der Waals surface area contributed by atoms with E-state index in [1.807, 2.05) is 12.1 Å². The number of hydrogen-bond acceptors (Lipinski definition) is 2. The summed E-state index contributed by atoms with van der Waals surface area (Å²) in [5.74, 6) is 5.75. The van der Waals surface area contributed by atoms with E-state index >= 15 is 0 Å². The largest absolute Gasteiger partial charge is 0.271 e. The molecule has 0 heterocycles. The first-order valence-electron chi connectivity index (χ1n) is 7.08. The van der Waals surface area contributed by atoms with E-state index in [1.54, 1.807) is 0 Å². The van der Waals surface area contributed by atoms with Crippen LogP contribution in [0.1, 0.15) is 34.7 Å². The Balaban J connectivity index is 1.81. The van der Waals surface area contributed by atoms with Gasteiger partial charge in [-0.15, -0.1) is 0 Å². The highest BCUT2D eigenvalue weighted by molar-refractivity contribution is 6.30. The molecule has 104 valence electrons. The third-order valence-corrected chi connectivity index (χ3v) is 4.33. The topological polar surface area (TPSA) is 38.0 Å². The molecule has 1 atom stereocenters. The van der Waals surface area contributed by atoms with Crippen molar-refractivity contribution in [3.63, 3.8) is 0 Å². The van der Waals surface area contributed by atoms with Crippen LogP contribution in [0.2, 0.25) is 5.02 Å². The highest BCUT2D eigenvalue weighted by atomic mass is 35.5. The highest BCUT2D eigenvalue weighted by Crippen LogP contribution is 2.26. The second kappa shape index (κ2) is 5.96. The molecule has 0 fully saturated rings. The van der Waals surface area contributed by atoms with Crippen LogP contribution in [0.4, 0.5) is 0 Å². The van der Waals surface area contributed by atoms with Crippen molar-refractivity contribution in [3.05, 3.63) is 69.7 Å². The SMILES string of the molecule is NNC(Cc1ccc(Cl)cc1)c1ccc2c(c1)CCC2. The zero-order chi connectivity index (χ0) is 13.9. The van der Waals surface area contributed by atoms with E-state index in [0.29, 0.717) is 0 Å². The minimum Gasteiger partial charge on any atom is -0.271 e. The fourth-order valence-electron chi connectivity index (χ4n) is 2.94. The van der Waals surface area contributed by atoms with Gasteiger partial charge in [0, 0.05) is 11.1 Å². The van der Waals surface area contributed by atoms with E-state index in [1.165, 1.54) is 41.5 Å². The maximum Gasteiger partial charge on any atom is 0.0500 e. The monoisotopic (exact) mass is 286 g/mol. The Morgan fingerprint density at radius 3 is 2.55 bits per heavy atom. The van der Waals surface area contributed by atoms with Crippen LogP contribution in [0.15, 0.2) is 42.5 Å². The van der Waals surface area contributed by atoms with Crippen LogP contribution >= 0.6 is 11.6 Å². The standard InChI is InChI=1S/C17H19ClN2/c18-16-8-4-12(5-9-16)10-17(20-19)15-7-6-13-2-1-3-14(13)11-15/h4-9,11,17,20H,1-3,10,19H2. The van der Waals surface area contributed by atoms with Gasteiger partial charge in [-0.3, -0.25) is 11.3 Å². The number of hydrogen-bond donors (Lipinski definition) is 2. The van der Waals surface area contributed by atoms with Crippen LogP contribution in [0, 0.1) is 0 Å². The van der Waals surface area contributed by atoms with Crippen LogP contribution in [0.25, 0.3) is 0 Å². The minimum atomic E-state index is 0.141. The molecule has 0 radical (unpaired) electrons. The normalized spacial score (nSPS) is 15.1. The van der Waals surface area contributed by atoms with Gasteiger partial charge in [0.25, 0.3) is 0 Å². The van der Waals surface area contributed by atoms with Gasteiger partial charge in [-0.2, -0.15) is 0 Å². The number of halogens is 1. The lowest BCUT2D eigenvalue weighted by atomic mass is 9.96. The molecule has 2 aromatic rings. The van der Waals surface area contributed by atoms with Gasteiger partial charge in [0.05, 0.1) is 0 Å². The van der Waals surface area contributed by atoms with E-state index in [9.17, 15) is 0 Å². The predicted octanol–water partition coefficient (Wildman–Crippen LogP) is 3.58. The van der Waals surface area contributed by atoms with Crippen LogP contribution in [-0.2, 0) is 19.3 Å². The molecule has 1 aliphatic rings. The Morgan fingerprint density at radius 2 is 1.80 bits per heavy atom. The van der Waals surface area contributed by atoms with E-state index in [0.717, 1.165) is 11.4 Å². The molecule has 0 amide bonds. The number of rotatable bonds is 4. The van der Waals surface area contributed by atoms with Crippen LogP contribution in [0.3, 0.4) is 0 Å². The van der Waals surface area contributed by atoms with Crippen LogP contribution in [-0.4, -0.2) is 0 Å². The number of fused-ring (bicyclic) bond motifs is 1. The van der Waals surface area contributed by atoms with Gasteiger partial charge in [-0.25, -0.2) is 0 Å². The molecule has 3 rings (SSSR count). The summed E-state index contributed by atoms with van der Waals surface area (Å²) in [6.07, 6.45) is 4.55. The second-order valence-electron chi connectivity index (χ2n) is 5.43. The lowest BCUT2D eigenvalue weighted by Crippen LogP contribution is -2.29. The second-order valence-corrected chi connectivity index (χ2v) is 5.87. The molecule has 20 heavy (non-hydrogen) atoms. The highest BCUT2D eigenvalue weighted by Gasteiger charge is 2.15. The molecule has 0 spiro atoms. The third kappa shape index (κ3) is 2.88. The molecule has 2 nitrogen and oxygen atoms in total. The molecule has 0 aliphatic heterocycles. The average Bonchev–Trinajstić information content (AvgIpc) is 2.94. The van der Waals surface area contributed by atoms with Gasteiger partial charge in [0.1, 0.15) is 0 Å². The Hall–Kier alpha value is -1.35. The van der Waals surface area contributed by atoms with E-state index in [-0.39, 0.29) is 6.04 Å². The Labute approximate surface area is 124 Å². The summed E-state index contributed by atoms with van der Waals surface area (Å²) in [6.45, 7) is 0. The minimum absolute atomic E-state index is 0.141. The zero-order valence-electron chi connectivity index (χ0n) is 11.4. The first-order valence-corrected chi connectivity index (χ1v) is 7.46. The van der Waals surface area contributed by atoms with Crippen molar-refractivity contribution in [3.8, 4) is 0 Å². The van der Waals surface area contributed by atoms with E-state index in [4.69, 9.17) is 17.4 Å². The molecule has 2 aromatic carbocycles. The molecule has 0 bridgehead atoms. The summed E-state index contributed by atoms with van der Waals surface area (Å²) in [6, 6.07) is 14.9. The molecule has 3 heteroatoms. The number of aryl methyl sites for hydroxylation is 2. The van der Waals surface area contributed by atoms with Crippen molar-refractivity contribution in [1.82, 2.24) is 5.43 Å². The molecule has 0 saturated carbocycles. The van der Waals surface area contributed by atoms with E-state index < -0.39 is 0 Å². The van der Waals surface area contributed by atoms with Crippen molar-refractivity contribution in [2.24, 2.45) is 5.84 Å². The number of nitrogens with one attached hydrogen (secondary N) is 1. The molecular weight excluding hydrogens is 268 g/mol. The first-order chi connectivity index (χ1) is 9.76. The summed E-state index contributed by atoms with van der Waals surface area (Å²) in [5.41, 5.74) is 8.42. The maximum absolute atomic E-state index is 5.92. The van der Waals surface area contributed by atoms with E-state index in [2.05, 4.69) is 35.8 Å². The number of benzene rings is 2. The summed E-state index contributed by atoms with van der Waals surface area (Å²) in [5, 5.41) is 0.767. The van der Waals surface area contributed by atoms with Crippen LogP contribution < -0.4 is 11.3 Å². The van der Waals surface area contributed by atoms with Crippen molar-refractivity contribution in [2.45, 2.75) is 31.7 Å². The molecule has 1 unspecified atom stereocenters. The van der Waals surface area contributed by atoms with Gasteiger partial charge in [0.15, 0.2) is 0 Å². The van der Waals surface area contributed by atoms with Crippen molar-refractivity contribution in [1.29, 1.82) is 0 Å². The van der Waals surface area contributed by atoms with Crippen molar-refractivity contribution < 1.29 is 0 Å². The Bertz CT molecular complexity index is 592. The summed E-state index contributed by atoms with van der Waals surface area (Å²) < 4.78 is 0. The number of hydrazine groups is 1. The van der Waals surface area contributed by atoms with Gasteiger partial charge in [-0.1, -0.05) is 41.9 Å². The van der Waals surface area contributed by atoms with Gasteiger partial charge in [0.2, 0.25) is 0 Å². The Morgan fingerprint density at radius 1 is 1.05 bits per heavy atom. The van der Waals surface area contributed by atoms with Crippen LogP contribution in [0.5, 0.6) is 0 Å². The third-order valence-electron chi connectivity index (χ3n) is 4.08. The molecule has 0 aromatic heterocycles. The summed E-state index contributed by atoms with van der Waals surface area (Å²) in [7, 11) is 0. The van der Waals surface area contributed by atoms with Gasteiger partial charge < -0.3 is 0 Å². The fourth-order valence-corrected chi connectivity index (χ4v) is 3.06. The van der Waals surface area contributed by atoms with Crippen molar-refractivity contribution in [2.75, 3.05) is 0 Å². The predicted molar refractivity (Wildman–Crippen MR) is 83.7 cm³/mol. The summed E-state index contributed by atoms with van der Waals surface area (Å²) >= 11 is 5.92.